The maximum absolute atomic E-state index is 11.9. The Balaban J connectivity index is 3.87. The Morgan fingerprint density at radius 3 is 2.22 bits per heavy atom. The van der Waals surface area contributed by atoms with Gasteiger partial charge in [0, 0.05) is 13.1 Å². The molecule has 0 atom stereocenters. The maximum atomic E-state index is 11.9. The monoisotopic (exact) mass is 257 g/mol. The molecule has 0 rings (SSSR count). The van der Waals surface area contributed by atoms with Crippen LogP contribution in [0.3, 0.4) is 0 Å². The summed E-state index contributed by atoms with van der Waals surface area (Å²) in [6.45, 7) is 10.6. The molecule has 0 saturated carbocycles. The van der Waals surface area contributed by atoms with Gasteiger partial charge in [0.15, 0.2) is 0 Å². The van der Waals surface area contributed by atoms with Gasteiger partial charge in [0.05, 0.1) is 6.61 Å². The molecule has 0 spiro atoms. The fraction of sp³-hybridized carbons (Fsp3) is 0.933. The minimum Gasteiger partial charge on any atom is -0.449 e. The van der Waals surface area contributed by atoms with Crippen LogP contribution in [0.4, 0.5) is 4.79 Å². The molecule has 0 aliphatic rings. The second kappa shape index (κ2) is 11.4. The quantitative estimate of drug-likeness (QED) is 0.541. The molecule has 0 aliphatic heterocycles. The molecular weight excluding hydrogens is 226 g/mol. The summed E-state index contributed by atoms with van der Waals surface area (Å²) in [5.74, 6) is 0.507. The van der Waals surface area contributed by atoms with E-state index in [1.165, 1.54) is 19.3 Å². The van der Waals surface area contributed by atoms with Crippen molar-refractivity contribution in [1.82, 2.24) is 4.90 Å². The molecule has 18 heavy (non-hydrogen) atoms. The number of hydrogen-bond donors (Lipinski definition) is 0. The SMILES string of the molecule is CCCCCCN(CC)C(=O)OCC(CC)CC. The molecule has 0 heterocycles. The van der Waals surface area contributed by atoms with E-state index in [0.717, 1.165) is 32.4 Å². The van der Waals surface area contributed by atoms with E-state index < -0.39 is 0 Å². The first-order valence-corrected chi connectivity index (χ1v) is 7.61. The van der Waals surface area contributed by atoms with E-state index in [1.54, 1.807) is 0 Å². The molecule has 0 fully saturated rings. The van der Waals surface area contributed by atoms with Gasteiger partial charge in [0.25, 0.3) is 0 Å². The number of rotatable bonds is 10. The van der Waals surface area contributed by atoms with Crippen molar-refractivity contribution >= 4 is 6.09 Å². The largest absolute Gasteiger partial charge is 0.449 e. The van der Waals surface area contributed by atoms with Crippen molar-refractivity contribution in [3.05, 3.63) is 0 Å². The number of nitrogens with zero attached hydrogens (tertiary/aromatic N) is 1. The normalized spacial score (nSPS) is 10.7. The van der Waals surface area contributed by atoms with Crippen LogP contribution in [-0.2, 0) is 4.74 Å². The molecule has 0 unspecified atom stereocenters. The number of carbonyl (C=O) groups excluding carboxylic acids is 1. The van der Waals surface area contributed by atoms with Gasteiger partial charge in [-0.3, -0.25) is 0 Å². The van der Waals surface area contributed by atoms with Gasteiger partial charge in [-0.15, -0.1) is 0 Å². The molecule has 0 aromatic carbocycles. The van der Waals surface area contributed by atoms with Gasteiger partial charge in [-0.05, 0) is 19.3 Å². The zero-order chi connectivity index (χ0) is 13.8. The molecule has 0 radical (unpaired) electrons. The second-order valence-corrected chi connectivity index (χ2v) is 4.90. The third kappa shape index (κ3) is 7.57. The Bertz CT molecular complexity index is 203. The lowest BCUT2D eigenvalue weighted by molar-refractivity contribution is 0.0870. The highest BCUT2D eigenvalue weighted by molar-refractivity contribution is 5.67. The van der Waals surface area contributed by atoms with Crippen LogP contribution in [0.2, 0.25) is 0 Å². The van der Waals surface area contributed by atoms with Crippen LogP contribution in [-0.4, -0.2) is 30.7 Å². The van der Waals surface area contributed by atoms with E-state index in [4.69, 9.17) is 4.74 Å². The van der Waals surface area contributed by atoms with Crippen molar-refractivity contribution in [2.24, 2.45) is 5.92 Å². The van der Waals surface area contributed by atoms with Crippen molar-refractivity contribution in [3.63, 3.8) is 0 Å². The van der Waals surface area contributed by atoms with Gasteiger partial charge in [0.1, 0.15) is 0 Å². The Morgan fingerprint density at radius 2 is 1.72 bits per heavy atom. The van der Waals surface area contributed by atoms with Crippen LogP contribution < -0.4 is 0 Å². The fourth-order valence-electron chi connectivity index (χ4n) is 1.91. The first kappa shape index (κ1) is 17.3. The molecule has 0 aliphatic carbocycles. The fourth-order valence-corrected chi connectivity index (χ4v) is 1.91. The van der Waals surface area contributed by atoms with Crippen LogP contribution in [0, 0.1) is 5.92 Å². The van der Waals surface area contributed by atoms with Gasteiger partial charge in [0.2, 0.25) is 0 Å². The summed E-state index contributed by atoms with van der Waals surface area (Å²) in [7, 11) is 0. The van der Waals surface area contributed by atoms with E-state index in [2.05, 4.69) is 20.8 Å². The lowest BCUT2D eigenvalue weighted by Gasteiger charge is -2.22. The second-order valence-electron chi connectivity index (χ2n) is 4.90. The summed E-state index contributed by atoms with van der Waals surface area (Å²) in [4.78, 5) is 13.7. The highest BCUT2D eigenvalue weighted by atomic mass is 16.6. The summed E-state index contributed by atoms with van der Waals surface area (Å²) < 4.78 is 5.38. The van der Waals surface area contributed by atoms with Crippen molar-refractivity contribution < 1.29 is 9.53 Å². The van der Waals surface area contributed by atoms with Gasteiger partial charge < -0.3 is 9.64 Å². The molecule has 0 N–H and O–H groups in total. The van der Waals surface area contributed by atoms with E-state index in [-0.39, 0.29) is 6.09 Å². The number of carbonyl (C=O) groups is 1. The predicted octanol–water partition coefficient (Wildman–Crippen LogP) is 4.46. The molecule has 1 amide bonds. The van der Waals surface area contributed by atoms with Crippen LogP contribution in [0.15, 0.2) is 0 Å². The molecule has 0 saturated heterocycles. The smallest absolute Gasteiger partial charge is 0.409 e. The lowest BCUT2D eigenvalue weighted by Crippen LogP contribution is -2.33. The first-order chi connectivity index (χ1) is 8.69. The van der Waals surface area contributed by atoms with Crippen LogP contribution in [0.1, 0.15) is 66.2 Å². The van der Waals surface area contributed by atoms with Crippen molar-refractivity contribution in [2.45, 2.75) is 66.2 Å². The summed E-state index contributed by atoms with van der Waals surface area (Å²) >= 11 is 0. The highest BCUT2D eigenvalue weighted by Gasteiger charge is 2.14. The molecule has 0 aromatic rings. The van der Waals surface area contributed by atoms with Gasteiger partial charge in [-0.25, -0.2) is 4.79 Å². The first-order valence-electron chi connectivity index (χ1n) is 7.61. The van der Waals surface area contributed by atoms with Gasteiger partial charge >= 0.3 is 6.09 Å². The standard InChI is InChI=1S/C15H31NO2/c1-5-9-10-11-12-16(8-4)15(17)18-13-14(6-2)7-3/h14H,5-13H2,1-4H3. The average Bonchev–Trinajstić information content (AvgIpc) is 2.40. The Labute approximate surface area is 113 Å². The summed E-state index contributed by atoms with van der Waals surface area (Å²) in [6, 6.07) is 0. The minimum absolute atomic E-state index is 0.138. The number of ether oxygens (including phenoxy) is 1. The third-order valence-electron chi connectivity index (χ3n) is 3.52. The van der Waals surface area contributed by atoms with E-state index in [1.807, 2.05) is 11.8 Å². The van der Waals surface area contributed by atoms with Gasteiger partial charge in [-0.1, -0.05) is 52.9 Å². The molecule has 3 heteroatoms. The van der Waals surface area contributed by atoms with E-state index in [0.29, 0.717) is 12.5 Å². The van der Waals surface area contributed by atoms with Crippen LogP contribution in [0.25, 0.3) is 0 Å². The predicted molar refractivity (Wildman–Crippen MR) is 76.8 cm³/mol. The molecule has 0 aromatic heterocycles. The lowest BCUT2D eigenvalue weighted by atomic mass is 10.1. The number of amides is 1. The van der Waals surface area contributed by atoms with E-state index in [9.17, 15) is 4.79 Å². The molecule has 108 valence electrons. The Kier molecular flexibility index (Phi) is 10.9. The highest BCUT2D eigenvalue weighted by Crippen LogP contribution is 2.09. The third-order valence-corrected chi connectivity index (χ3v) is 3.52. The van der Waals surface area contributed by atoms with Crippen LogP contribution in [0.5, 0.6) is 0 Å². The zero-order valence-electron chi connectivity index (χ0n) is 12.7. The molecule has 0 bridgehead atoms. The van der Waals surface area contributed by atoms with Crippen LogP contribution >= 0.6 is 0 Å². The molecular formula is C15H31NO2. The van der Waals surface area contributed by atoms with Crippen molar-refractivity contribution in [3.8, 4) is 0 Å². The maximum Gasteiger partial charge on any atom is 0.409 e. The summed E-state index contributed by atoms with van der Waals surface area (Å²) in [5.41, 5.74) is 0. The van der Waals surface area contributed by atoms with Crippen molar-refractivity contribution in [2.75, 3.05) is 19.7 Å². The summed E-state index contributed by atoms with van der Waals surface area (Å²) in [6.07, 6.45) is 6.78. The van der Waals surface area contributed by atoms with Crippen molar-refractivity contribution in [1.29, 1.82) is 0 Å². The number of unbranched alkanes of at least 4 members (excludes halogenated alkanes) is 3. The summed E-state index contributed by atoms with van der Waals surface area (Å²) in [5, 5.41) is 0. The Morgan fingerprint density at radius 1 is 1.06 bits per heavy atom. The average molecular weight is 257 g/mol. The molecule has 3 nitrogen and oxygen atoms in total. The Hall–Kier alpha value is -0.730. The topological polar surface area (TPSA) is 29.5 Å². The minimum atomic E-state index is -0.138. The number of hydrogen-bond acceptors (Lipinski definition) is 2. The zero-order valence-corrected chi connectivity index (χ0v) is 12.7. The van der Waals surface area contributed by atoms with E-state index >= 15 is 0 Å². The van der Waals surface area contributed by atoms with Gasteiger partial charge in [-0.2, -0.15) is 0 Å².